The summed E-state index contributed by atoms with van der Waals surface area (Å²) in [5.41, 5.74) is 0.573. The number of benzene rings is 1. The first-order valence-corrected chi connectivity index (χ1v) is 7.43. The SMILES string of the molecule is COc1ccc(C(=O)CCCCCc2ncc[nH]2)c(Cl)c1. The largest absolute Gasteiger partial charge is 0.497 e. The average molecular weight is 307 g/mol. The van der Waals surface area contributed by atoms with Gasteiger partial charge in [-0.1, -0.05) is 18.0 Å². The maximum atomic E-state index is 12.1. The lowest BCUT2D eigenvalue weighted by Crippen LogP contribution is -2.00. The van der Waals surface area contributed by atoms with Gasteiger partial charge in [0.1, 0.15) is 11.6 Å². The third-order valence-corrected chi connectivity index (χ3v) is 3.66. The fraction of sp³-hybridized carbons (Fsp3) is 0.375. The number of carbonyl (C=O) groups excluding carboxylic acids is 1. The molecule has 0 aliphatic rings. The van der Waals surface area contributed by atoms with Gasteiger partial charge in [0, 0.05) is 30.8 Å². The number of aromatic nitrogens is 2. The maximum absolute atomic E-state index is 12.1. The average Bonchev–Trinajstić information content (AvgIpc) is 2.99. The number of hydrogen-bond donors (Lipinski definition) is 1. The van der Waals surface area contributed by atoms with Crippen molar-refractivity contribution in [2.75, 3.05) is 7.11 Å². The van der Waals surface area contributed by atoms with E-state index in [2.05, 4.69) is 9.97 Å². The van der Waals surface area contributed by atoms with Crippen molar-refractivity contribution in [2.45, 2.75) is 32.1 Å². The number of carbonyl (C=O) groups is 1. The highest BCUT2D eigenvalue weighted by Crippen LogP contribution is 2.24. The summed E-state index contributed by atoms with van der Waals surface area (Å²) in [6.45, 7) is 0. The highest BCUT2D eigenvalue weighted by molar-refractivity contribution is 6.34. The number of rotatable bonds is 8. The van der Waals surface area contributed by atoms with Gasteiger partial charge in [-0.05, 0) is 31.0 Å². The molecule has 5 heteroatoms. The van der Waals surface area contributed by atoms with Gasteiger partial charge in [0.15, 0.2) is 5.78 Å². The molecule has 1 N–H and O–H groups in total. The van der Waals surface area contributed by atoms with E-state index < -0.39 is 0 Å². The maximum Gasteiger partial charge on any atom is 0.164 e. The Labute approximate surface area is 129 Å². The summed E-state index contributed by atoms with van der Waals surface area (Å²) >= 11 is 6.10. The number of hydrogen-bond acceptors (Lipinski definition) is 3. The number of nitrogens with zero attached hydrogens (tertiary/aromatic N) is 1. The predicted molar refractivity (Wildman–Crippen MR) is 83.1 cm³/mol. The molecule has 0 bridgehead atoms. The monoisotopic (exact) mass is 306 g/mol. The van der Waals surface area contributed by atoms with Crippen molar-refractivity contribution in [1.29, 1.82) is 0 Å². The van der Waals surface area contributed by atoms with E-state index in [0.717, 1.165) is 31.5 Å². The van der Waals surface area contributed by atoms with E-state index in [-0.39, 0.29) is 5.78 Å². The Morgan fingerprint density at radius 3 is 2.86 bits per heavy atom. The van der Waals surface area contributed by atoms with Gasteiger partial charge in [0.25, 0.3) is 0 Å². The second-order valence-corrected chi connectivity index (χ2v) is 5.27. The number of methoxy groups -OCH3 is 1. The van der Waals surface area contributed by atoms with Crippen LogP contribution in [0.15, 0.2) is 30.6 Å². The summed E-state index contributed by atoms with van der Waals surface area (Å²) in [6, 6.07) is 5.16. The number of unbranched alkanes of at least 4 members (excludes halogenated alkanes) is 2. The molecular weight excluding hydrogens is 288 g/mol. The van der Waals surface area contributed by atoms with Crippen LogP contribution in [-0.2, 0) is 6.42 Å². The topological polar surface area (TPSA) is 55.0 Å². The van der Waals surface area contributed by atoms with Gasteiger partial charge in [-0.25, -0.2) is 4.98 Å². The van der Waals surface area contributed by atoms with E-state index in [1.165, 1.54) is 0 Å². The number of aromatic amines is 1. The lowest BCUT2D eigenvalue weighted by molar-refractivity contribution is 0.0979. The molecule has 2 rings (SSSR count). The Morgan fingerprint density at radius 1 is 1.33 bits per heavy atom. The number of ether oxygens (including phenoxy) is 1. The van der Waals surface area contributed by atoms with Crippen LogP contribution in [0.1, 0.15) is 41.9 Å². The van der Waals surface area contributed by atoms with Crippen molar-refractivity contribution >= 4 is 17.4 Å². The molecule has 1 aromatic heterocycles. The smallest absolute Gasteiger partial charge is 0.164 e. The van der Waals surface area contributed by atoms with Crippen molar-refractivity contribution in [3.63, 3.8) is 0 Å². The van der Waals surface area contributed by atoms with E-state index in [1.807, 2.05) is 6.20 Å². The zero-order valence-electron chi connectivity index (χ0n) is 12.1. The van der Waals surface area contributed by atoms with Crippen molar-refractivity contribution in [3.8, 4) is 5.75 Å². The summed E-state index contributed by atoms with van der Waals surface area (Å²) in [7, 11) is 1.58. The van der Waals surface area contributed by atoms with E-state index in [9.17, 15) is 4.79 Å². The molecule has 0 radical (unpaired) electrons. The molecule has 2 aromatic rings. The number of aryl methyl sites for hydroxylation is 1. The number of imidazole rings is 1. The van der Waals surface area contributed by atoms with Crippen molar-refractivity contribution in [1.82, 2.24) is 9.97 Å². The number of Topliss-reactive ketones (excluding diaryl/α,β-unsaturated/α-hetero) is 1. The Morgan fingerprint density at radius 2 is 2.19 bits per heavy atom. The molecule has 0 aliphatic heterocycles. The molecule has 1 aromatic carbocycles. The summed E-state index contributed by atoms with van der Waals surface area (Å²) in [6.07, 6.45) is 7.91. The van der Waals surface area contributed by atoms with Crippen LogP contribution < -0.4 is 4.74 Å². The van der Waals surface area contributed by atoms with Gasteiger partial charge in [-0.2, -0.15) is 0 Å². The van der Waals surface area contributed by atoms with Crippen molar-refractivity contribution in [3.05, 3.63) is 47.0 Å². The number of ketones is 1. The zero-order valence-corrected chi connectivity index (χ0v) is 12.8. The molecule has 0 atom stereocenters. The Hall–Kier alpha value is -1.81. The molecular formula is C16H19ClN2O2. The van der Waals surface area contributed by atoms with E-state index in [0.29, 0.717) is 22.8 Å². The van der Waals surface area contributed by atoms with Gasteiger partial charge < -0.3 is 9.72 Å². The molecule has 0 saturated carbocycles. The van der Waals surface area contributed by atoms with Gasteiger partial charge in [0.2, 0.25) is 0 Å². The predicted octanol–water partition coefficient (Wildman–Crippen LogP) is 4.06. The quantitative estimate of drug-likeness (QED) is 0.591. The van der Waals surface area contributed by atoms with Crippen LogP contribution in [0.3, 0.4) is 0 Å². The minimum Gasteiger partial charge on any atom is -0.497 e. The first-order valence-electron chi connectivity index (χ1n) is 7.05. The van der Waals surface area contributed by atoms with Gasteiger partial charge in [0.05, 0.1) is 12.1 Å². The van der Waals surface area contributed by atoms with Crippen LogP contribution in [0.4, 0.5) is 0 Å². The van der Waals surface area contributed by atoms with Gasteiger partial charge in [-0.3, -0.25) is 4.79 Å². The number of nitrogens with one attached hydrogen (secondary N) is 1. The third kappa shape index (κ3) is 4.60. The minimum atomic E-state index is 0.0839. The molecule has 0 aliphatic carbocycles. The number of halogens is 1. The standard InChI is InChI=1S/C16H19ClN2O2/c1-21-12-7-8-13(14(17)11-12)15(20)5-3-2-4-6-16-18-9-10-19-16/h7-11H,2-6H2,1H3,(H,18,19). The summed E-state index contributed by atoms with van der Waals surface area (Å²) in [5, 5.41) is 0.454. The Bertz CT molecular complexity index is 582. The first kappa shape index (κ1) is 15.6. The van der Waals surface area contributed by atoms with Crippen LogP contribution in [0, 0.1) is 0 Å². The lowest BCUT2D eigenvalue weighted by Gasteiger charge is -2.06. The normalized spacial score (nSPS) is 10.6. The van der Waals surface area contributed by atoms with E-state index >= 15 is 0 Å². The van der Waals surface area contributed by atoms with Gasteiger partial charge >= 0.3 is 0 Å². The molecule has 0 unspecified atom stereocenters. The molecule has 21 heavy (non-hydrogen) atoms. The second kappa shape index (κ2) is 7.84. The Balaban J connectivity index is 1.74. The Kier molecular flexibility index (Phi) is 5.81. The minimum absolute atomic E-state index is 0.0839. The number of H-pyrrole nitrogens is 1. The lowest BCUT2D eigenvalue weighted by atomic mass is 10.0. The highest BCUT2D eigenvalue weighted by Gasteiger charge is 2.11. The highest BCUT2D eigenvalue weighted by atomic mass is 35.5. The molecule has 0 amide bonds. The molecule has 4 nitrogen and oxygen atoms in total. The van der Waals surface area contributed by atoms with Crippen LogP contribution in [0.5, 0.6) is 5.75 Å². The second-order valence-electron chi connectivity index (χ2n) is 4.87. The van der Waals surface area contributed by atoms with E-state index in [4.69, 9.17) is 16.3 Å². The fourth-order valence-corrected chi connectivity index (χ4v) is 2.45. The zero-order chi connectivity index (χ0) is 15.1. The molecule has 0 spiro atoms. The third-order valence-electron chi connectivity index (χ3n) is 3.35. The molecule has 112 valence electrons. The van der Waals surface area contributed by atoms with E-state index in [1.54, 1.807) is 31.5 Å². The van der Waals surface area contributed by atoms with Crippen LogP contribution in [-0.4, -0.2) is 22.9 Å². The fourth-order valence-electron chi connectivity index (χ4n) is 2.17. The van der Waals surface area contributed by atoms with Crippen molar-refractivity contribution < 1.29 is 9.53 Å². The van der Waals surface area contributed by atoms with Crippen LogP contribution in [0.25, 0.3) is 0 Å². The van der Waals surface area contributed by atoms with Crippen molar-refractivity contribution in [2.24, 2.45) is 0 Å². The van der Waals surface area contributed by atoms with Crippen LogP contribution >= 0.6 is 11.6 Å². The molecule has 0 fully saturated rings. The van der Waals surface area contributed by atoms with Crippen LogP contribution in [0.2, 0.25) is 5.02 Å². The van der Waals surface area contributed by atoms with Gasteiger partial charge in [-0.15, -0.1) is 0 Å². The molecule has 0 saturated heterocycles. The summed E-state index contributed by atoms with van der Waals surface area (Å²) in [5.74, 6) is 1.75. The summed E-state index contributed by atoms with van der Waals surface area (Å²) < 4.78 is 5.07. The summed E-state index contributed by atoms with van der Waals surface area (Å²) in [4.78, 5) is 19.4. The first-order chi connectivity index (χ1) is 10.2. The molecule has 1 heterocycles.